The van der Waals surface area contributed by atoms with Crippen molar-refractivity contribution >= 4 is 46.7 Å². The molecule has 0 aliphatic carbocycles. The number of halogens is 1. The fraction of sp³-hybridized carbons (Fsp3) is 0.200. The largest absolute Gasteiger partial charge is 0.446 e. The van der Waals surface area contributed by atoms with Gasteiger partial charge in [-0.1, -0.05) is 23.7 Å². The Kier molecular flexibility index (Phi) is 6.40. The number of nitro groups is 1. The molecule has 0 spiro atoms. The molecule has 0 saturated heterocycles. The minimum absolute atomic E-state index is 0.0219. The molecule has 1 aliphatic rings. The highest BCUT2D eigenvalue weighted by molar-refractivity contribution is 6.31. The standard InChI is InChI=1S/C20H17ClN4O7/c1-10(26)22-15-6-4-13(5-7-15)20-24(11(2)27)23-19(32-20)16-8-14(21)9-17(25(29)30)18(16)31-12(3)28/h4-9,20H,1-3H3,(H,22,26)/t20-/m1/s1. The summed E-state index contributed by atoms with van der Waals surface area (Å²) in [4.78, 5) is 45.7. The van der Waals surface area contributed by atoms with Crippen LogP contribution in [0, 0.1) is 10.1 Å². The van der Waals surface area contributed by atoms with Crippen molar-refractivity contribution in [3.63, 3.8) is 0 Å². The minimum atomic E-state index is -1.00. The van der Waals surface area contributed by atoms with Gasteiger partial charge in [0.25, 0.3) is 0 Å². The van der Waals surface area contributed by atoms with Gasteiger partial charge in [-0.15, -0.1) is 5.10 Å². The molecule has 0 radical (unpaired) electrons. The summed E-state index contributed by atoms with van der Waals surface area (Å²) in [6.07, 6.45) is -1.00. The van der Waals surface area contributed by atoms with Crippen molar-refractivity contribution in [3.05, 3.63) is 62.7 Å². The van der Waals surface area contributed by atoms with Crippen molar-refractivity contribution in [3.8, 4) is 5.75 Å². The number of esters is 1. The van der Waals surface area contributed by atoms with Crippen molar-refractivity contribution < 1.29 is 28.8 Å². The van der Waals surface area contributed by atoms with Gasteiger partial charge in [-0.2, -0.15) is 5.01 Å². The van der Waals surface area contributed by atoms with Gasteiger partial charge in [0, 0.05) is 43.1 Å². The average Bonchev–Trinajstić information content (AvgIpc) is 3.14. The number of rotatable bonds is 5. The van der Waals surface area contributed by atoms with E-state index in [0.717, 1.165) is 18.0 Å². The number of nitrogens with zero attached hydrogens (tertiary/aromatic N) is 3. The average molecular weight is 461 g/mol. The van der Waals surface area contributed by atoms with Gasteiger partial charge in [0.15, 0.2) is 0 Å². The lowest BCUT2D eigenvalue weighted by Crippen LogP contribution is -2.25. The fourth-order valence-corrected chi connectivity index (χ4v) is 3.16. The van der Waals surface area contributed by atoms with Gasteiger partial charge in [0.1, 0.15) is 0 Å². The van der Waals surface area contributed by atoms with E-state index in [0.29, 0.717) is 11.3 Å². The molecule has 0 saturated carbocycles. The molecule has 11 nitrogen and oxygen atoms in total. The summed E-state index contributed by atoms with van der Waals surface area (Å²) in [5, 5.41) is 19.2. The molecule has 3 rings (SSSR count). The van der Waals surface area contributed by atoms with E-state index in [1.165, 1.54) is 19.9 Å². The molecule has 166 valence electrons. The van der Waals surface area contributed by atoms with Crippen molar-refractivity contribution in [2.24, 2.45) is 5.10 Å². The first-order valence-corrected chi connectivity index (χ1v) is 9.54. The van der Waals surface area contributed by atoms with Crippen LogP contribution < -0.4 is 10.1 Å². The normalized spacial score (nSPS) is 14.9. The summed E-state index contributed by atoms with van der Waals surface area (Å²) >= 11 is 6.02. The maximum Gasteiger partial charge on any atom is 0.314 e. The highest BCUT2D eigenvalue weighted by Gasteiger charge is 2.36. The van der Waals surface area contributed by atoms with Crippen LogP contribution in [0.3, 0.4) is 0 Å². The molecule has 12 heteroatoms. The minimum Gasteiger partial charge on any atom is -0.446 e. The number of benzene rings is 2. The number of anilines is 1. The maximum absolute atomic E-state index is 12.2. The van der Waals surface area contributed by atoms with Crippen molar-refractivity contribution in [1.29, 1.82) is 0 Å². The third-order valence-electron chi connectivity index (χ3n) is 4.19. The van der Waals surface area contributed by atoms with E-state index in [9.17, 15) is 24.5 Å². The Morgan fingerprint density at radius 2 is 1.84 bits per heavy atom. The Morgan fingerprint density at radius 3 is 2.38 bits per heavy atom. The fourth-order valence-electron chi connectivity index (χ4n) is 2.95. The van der Waals surface area contributed by atoms with Crippen LogP contribution in [0.1, 0.15) is 38.1 Å². The van der Waals surface area contributed by atoms with Crippen LogP contribution in [0.4, 0.5) is 11.4 Å². The number of ether oxygens (including phenoxy) is 2. The van der Waals surface area contributed by atoms with Crippen molar-refractivity contribution in [2.45, 2.75) is 27.0 Å². The Labute approximate surface area is 186 Å². The molecule has 0 aromatic heterocycles. The number of amides is 2. The van der Waals surface area contributed by atoms with Gasteiger partial charge in [0.2, 0.25) is 29.7 Å². The Morgan fingerprint density at radius 1 is 1.19 bits per heavy atom. The van der Waals surface area contributed by atoms with Gasteiger partial charge < -0.3 is 14.8 Å². The van der Waals surface area contributed by atoms with Gasteiger partial charge in [-0.3, -0.25) is 24.5 Å². The molecule has 1 atom stereocenters. The molecule has 2 aromatic rings. The quantitative estimate of drug-likeness (QED) is 0.312. The molecule has 1 heterocycles. The first-order chi connectivity index (χ1) is 15.1. The number of hydrogen-bond donors (Lipinski definition) is 1. The topological polar surface area (TPSA) is 140 Å². The van der Waals surface area contributed by atoms with Crippen LogP contribution in [0.5, 0.6) is 5.75 Å². The van der Waals surface area contributed by atoms with Crippen LogP contribution >= 0.6 is 11.6 Å². The number of carbonyl (C=O) groups is 3. The van der Waals surface area contributed by atoms with E-state index in [2.05, 4.69) is 10.4 Å². The summed E-state index contributed by atoms with van der Waals surface area (Å²) in [6.45, 7) is 3.72. The van der Waals surface area contributed by atoms with E-state index in [4.69, 9.17) is 21.1 Å². The molecule has 1 N–H and O–H groups in total. The van der Waals surface area contributed by atoms with Gasteiger partial charge >= 0.3 is 11.7 Å². The number of hydrogen-bond acceptors (Lipinski definition) is 8. The molecule has 0 fully saturated rings. The molecule has 1 aliphatic heterocycles. The van der Waals surface area contributed by atoms with Crippen molar-refractivity contribution in [2.75, 3.05) is 5.32 Å². The molecular weight excluding hydrogens is 444 g/mol. The predicted molar refractivity (Wildman–Crippen MR) is 113 cm³/mol. The van der Waals surface area contributed by atoms with Crippen LogP contribution in [0.25, 0.3) is 0 Å². The lowest BCUT2D eigenvalue weighted by Gasteiger charge is -2.19. The van der Waals surface area contributed by atoms with E-state index in [1.807, 2.05) is 0 Å². The van der Waals surface area contributed by atoms with E-state index in [1.54, 1.807) is 24.3 Å². The second-order valence-corrected chi connectivity index (χ2v) is 7.13. The summed E-state index contributed by atoms with van der Waals surface area (Å²) < 4.78 is 10.9. The number of hydrazone groups is 1. The third kappa shape index (κ3) is 4.83. The summed E-state index contributed by atoms with van der Waals surface area (Å²) in [7, 11) is 0. The molecular formula is C20H17ClN4O7. The smallest absolute Gasteiger partial charge is 0.314 e. The highest BCUT2D eigenvalue weighted by atomic mass is 35.5. The molecule has 0 bridgehead atoms. The third-order valence-corrected chi connectivity index (χ3v) is 4.41. The van der Waals surface area contributed by atoms with E-state index < -0.39 is 34.5 Å². The van der Waals surface area contributed by atoms with E-state index in [-0.39, 0.29) is 22.4 Å². The molecule has 2 amide bonds. The predicted octanol–water partition coefficient (Wildman–Crippen LogP) is 3.37. The van der Waals surface area contributed by atoms with Crippen LogP contribution in [0.15, 0.2) is 41.5 Å². The lowest BCUT2D eigenvalue weighted by molar-refractivity contribution is -0.385. The monoisotopic (exact) mass is 460 g/mol. The summed E-state index contributed by atoms with van der Waals surface area (Å²) in [5.74, 6) is -2.12. The summed E-state index contributed by atoms with van der Waals surface area (Å²) in [6, 6.07) is 8.79. The van der Waals surface area contributed by atoms with Gasteiger partial charge in [-0.25, -0.2) is 0 Å². The molecule has 32 heavy (non-hydrogen) atoms. The highest BCUT2D eigenvalue weighted by Crippen LogP contribution is 2.39. The molecule has 2 aromatic carbocycles. The second kappa shape index (κ2) is 9.02. The second-order valence-electron chi connectivity index (χ2n) is 6.69. The van der Waals surface area contributed by atoms with Crippen molar-refractivity contribution in [1.82, 2.24) is 5.01 Å². The van der Waals surface area contributed by atoms with Gasteiger partial charge in [0.05, 0.1) is 10.5 Å². The van der Waals surface area contributed by atoms with Crippen LogP contribution in [0.2, 0.25) is 5.02 Å². The maximum atomic E-state index is 12.2. The van der Waals surface area contributed by atoms with Crippen LogP contribution in [-0.4, -0.2) is 33.6 Å². The molecule has 0 unspecified atom stereocenters. The zero-order valence-electron chi connectivity index (χ0n) is 17.1. The number of nitrogens with one attached hydrogen (secondary N) is 1. The Hall–Kier alpha value is -3.99. The first-order valence-electron chi connectivity index (χ1n) is 9.16. The SMILES string of the molecule is CC(=O)Nc1ccc([C@H]2OC(c3cc(Cl)cc([N+](=O)[O-])c3OC(C)=O)=NN2C(C)=O)cc1. The Bertz CT molecular complexity index is 1150. The lowest BCUT2D eigenvalue weighted by atomic mass is 10.1. The zero-order chi connectivity index (χ0) is 23.6. The first kappa shape index (κ1) is 22.7. The Balaban J connectivity index is 2.04. The zero-order valence-corrected chi connectivity index (χ0v) is 17.9. The number of carbonyl (C=O) groups excluding carboxylic acids is 3. The van der Waals surface area contributed by atoms with E-state index >= 15 is 0 Å². The summed E-state index contributed by atoms with van der Waals surface area (Å²) in [5.41, 5.74) is 0.422. The van der Waals surface area contributed by atoms with Crippen LogP contribution in [-0.2, 0) is 19.1 Å². The van der Waals surface area contributed by atoms with Gasteiger partial charge in [-0.05, 0) is 18.2 Å². The number of nitro benzene ring substituents is 1.